The van der Waals surface area contributed by atoms with Crippen molar-refractivity contribution >= 4 is 51.7 Å². The van der Waals surface area contributed by atoms with Gasteiger partial charge in [-0.05, 0) is 37.5 Å². The van der Waals surface area contributed by atoms with Gasteiger partial charge in [0, 0.05) is 46.7 Å². The molecule has 1 fully saturated rings. The number of pyridine rings is 1. The molecule has 0 aromatic carbocycles. The number of fused-ring (bicyclic) bond motifs is 1. The molecule has 166 valence electrons. The molecule has 10 heteroatoms. The van der Waals surface area contributed by atoms with Crippen molar-refractivity contribution in [1.82, 2.24) is 14.3 Å². The van der Waals surface area contributed by atoms with Crippen LogP contribution in [-0.2, 0) is 14.3 Å². The number of carbonyl (C=O) groups excluding carboxylic acids is 1. The Balaban J connectivity index is 1.99. The number of nitrogens with one attached hydrogen (secondary N) is 1. The summed E-state index contributed by atoms with van der Waals surface area (Å²) in [5.41, 5.74) is 1.55. The average Bonchev–Trinajstić information content (AvgIpc) is 3.02. The lowest BCUT2D eigenvalue weighted by Crippen LogP contribution is -2.29. The molecule has 2 aromatic rings. The molecule has 0 spiro atoms. The molecule has 0 unspecified atom stereocenters. The van der Waals surface area contributed by atoms with E-state index < -0.39 is 0 Å². The summed E-state index contributed by atoms with van der Waals surface area (Å²) in [6, 6.07) is 3.71. The van der Waals surface area contributed by atoms with Crippen molar-refractivity contribution in [1.29, 1.82) is 0 Å². The van der Waals surface area contributed by atoms with E-state index in [0.29, 0.717) is 59.0 Å². The quantitative estimate of drug-likeness (QED) is 0.328. The second-order valence-electron chi connectivity index (χ2n) is 7.02. The Morgan fingerprint density at radius 3 is 2.71 bits per heavy atom. The Hall–Kier alpha value is -2.27. The van der Waals surface area contributed by atoms with E-state index in [4.69, 9.17) is 21.7 Å². The minimum Gasteiger partial charge on any atom is -0.385 e. The highest BCUT2D eigenvalue weighted by atomic mass is 32.2. The summed E-state index contributed by atoms with van der Waals surface area (Å²) in [4.78, 5) is 32.8. The van der Waals surface area contributed by atoms with Gasteiger partial charge in [0.05, 0.1) is 10.5 Å². The van der Waals surface area contributed by atoms with Gasteiger partial charge < -0.3 is 14.8 Å². The van der Waals surface area contributed by atoms with Gasteiger partial charge in [-0.2, -0.15) is 0 Å². The number of hydrogen-bond acceptors (Lipinski definition) is 8. The molecule has 1 aliphatic heterocycles. The molecule has 1 amide bonds. The Morgan fingerprint density at radius 2 is 1.97 bits per heavy atom. The summed E-state index contributed by atoms with van der Waals surface area (Å²) in [6.07, 6.45) is 4.71. The van der Waals surface area contributed by atoms with Crippen LogP contribution in [-0.4, -0.2) is 65.0 Å². The fourth-order valence-corrected chi connectivity index (χ4v) is 4.48. The van der Waals surface area contributed by atoms with Crippen molar-refractivity contribution in [3.63, 3.8) is 0 Å². The van der Waals surface area contributed by atoms with E-state index in [-0.39, 0.29) is 11.5 Å². The van der Waals surface area contributed by atoms with E-state index in [1.54, 1.807) is 37.5 Å². The van der Waals surface area contributed by atoms with Gasteiger partial charge in [0.1, 0.15) is 15.8 Å². The highest BCUT2D eigenvalue weighted by Crippen LogP contribution is 2.33. The zero-order chi connectivity index (χ0) is 22.4. The third kappa shape index (κ3) is 5.32. The number of aryl methyl sites for hydroxylation is 1. The lowest BCUT2D eigenvalue weighted by Gasteiger charge is -2.14. The monoisotopic (exact) mass is 462 g/mol. The van der Waals surface area contributed by atoms with E-state index >= 15 is 0 Å². The molecule has 0 radical (unpaired) electrons. The molecule has 0 aliphatic carbocycles. The number of anilines is 1. The lowest BCUT2D eigenvalue weighted by atomic mass is 10.2. The first kappa shape index (κ1) is 23.4. The van der Waals surface area contributed by atoms with Crippen LogP contribution in [0.15, 0.2) is 28.0 Å². The van der Waals surface area contributed by atoms with Crippen LogP contribution >= 0.6 is 24.0 Å². The first-order valence-corrected chi connectivity index (χ1v) is 11.2. The second kappa shape index (κ2) is 10.9. The minimum absolute atomic E-state index is 0.204. The van der Waals surface area contributed by atoms with Crippen LogP contribution in [0.3, 0.4) is 0 Å². The number of methoxy groups -OCH3 is 2. The molecule has 1 N–H and O–H groups in total. The Labute approximate surface area is 190 Å². The van der Waals surface area contributed by atoms with Crippen molar-refractivity contribution in [3.8, 4) is 0 Å². The molecule has 1 aliphatic rings. The third-order valence-electron chi connectivity index (χ3n) is 4.78. The molecule has 2 aromatic heterocycles. The number of aromatic nitrogens is 2. The standard InChI is InChI=1S/C21H26N4O4S2/c1-14-7-4-9-24-18(14)23-17(22-8-5-11-28-2)15(19(24)26)13-16-20(27)25(21(30)31-16)10-6-12-29-3/h4,7,9,13,22H,5-6,8,10-12H2,1-3H3/b16-13-. The van der Waals surface area contributed by atoms with Crippen molar-refractivity contribution < 1.29 is 14.3 Å². The van der Waals surface area contributed by atoms with Crippen LogP contribution in [0.2, 0.25) is 0 Å². The van der Waals surface area contributed by atoms with E-state index in [2.05, 4.69) is 10.3 Å². The Kier molecular flexibility index (Phi) is 8.19. The molecule has 3 heterocycles. The minimum atomic E-state index is -0.243. The van der Waals surface area contributed by atoms with Gasteiger partial charge in [0.15, 0.2) is 0 Å². The lowest BCUT2D eigenvalue weighted by molar-refractivity contribution is -0.122. The first-order chi connectivity index (χ1) is 15.0. The molecule has 3 rings (SSSR count). The number of nitrogens with zero attached hydrogens (tertiary/aromatic N) is 3. The summed E-state index contributed by atoms with van der Waals surface area (Å²) in [5.74, 6) is 0.241. The summed E-state index contributed by atoms with van der Waals surface area (Å²) in [6.45, 7) is 4.10. The maximum Gasteiger partial charge on any atom is 0.267 e. The fraction of sp³-hybridized carbons (Fsp3) is 0.429. The molecule has 0 saturated carbocycles. The molecule has 8 nitrogen and oxygen atoms in total. The number of ether oxygens (including phenoxy) is 2. The number of amides is 1. The predicted octanol–water partition coefficient (Wildman–Crippen LogP) is 2.69. The van der Waals surface area contributed by atoms with Crippen LogP contribution < -0.4 is 10.9 Å². The Bertz CT molecular complexity index is 1070. The number of thiocarbonyl (C=S) groups is 1. The number of hydrogen-bond donors (Lipinski definition) is 1. The fourth-order valence-electron chi connectivity index (χ4n) is 3.19. The molecular formula is C21H26N4O4S2. The van der Waals surface area contributed by atoms with Crippen molar-refractivity contribution in [2.45, 2.75) is 19.8 Å². The van der Waals surface area contributed by atoms with E-state index in [0.717, 1.165) is 12.0 Å². The molecule has 1 saturated heterocycles. The van der Waals surface area contributed by atoms with Crippen LogP contribution in [0.1, 0.15) is 24.0 Å². The van der Waals surface area contributed by atoms with Crippen LogP contribution in [0.5, 0.6) is 0 Å². The first-order valence-electron chi connectivity index (χ1n) is 9.97. The largest absolute Gasteiger partial charge is 0.385 e. The second-order valence-corrected chi connectivity index (χ2v) is 8.69. The summed E-state index contributed by atoms with van der Waals surface area (Å²) in [5, 5.41) is 3.23. The van der Waals surface area contributed by atoms with Gasteiger partial charge in [-0.15, -0.1) is 0 Å². The number of rotatable bonds is 10. The highest BCUT2D eigenvalue weighted by Gasteiger charge is 2.32. The van der Waals surface area contributed by atoms with Crippen LogP contribution in [0.25, 0.3) is 11.7 Å². The molecule has 31 heavy (non-hydrogen) atoms. The van der Waals surface area contributed by atoms with E-state index in [9.17, 15) is 9.59 Å². The van der Waals surface area contributed by atoms with Gasteiger partial charge in [-0.3, -0.25) is 18.9 Å². The van der Waals surface area contributed by atoms with Gasteiger partial charge in [-0.25, -0.2) is 4.98 Å². The smallest absolute Gasteiger partial charge is 0.267 e. The van der Waals surface area contributed by atoms with Gasteiger partial charge in [0.2, 0.25) is 0 Å². The summed E-state index contributed by atoms with van der Waals surface area (Å²) < 4.78 is 12.1. The Morgan fingerprint density at radius 1 is 1.23 bits per heavy atom. The predicted molar refractivity (Wildman–Crippen MR) is 128 cm³/mol. The molecular weight excluding hydrogens is 436 g/mol. The third-order valence-corrected chi connectivity index (χ3v) is 6.16. The van der Waals surface area contributed by atoms with Gasteiger partial charge in [0.25, 0.3) is 11.5 Å². The van der Waals surface area contributed by atoms with E-state index in [1.807, 2.05) is 13.0 Å². The highest BCUT2D eigenvalue weighted by molar-refractivity contribution is 8.26. The maximum absolute atomic E-state index is 13.3. The van der Waals surface area contributed by atoms with Crippen molar-refractivity contribution in [2.75, 3.05) is 45.8 Å². The summed E-state index contributed by atoms with van der Waals surface area (Å²) in [7, 11) is 3.26. The van der Waals surface area contributed by atoms with Crippen molar-refractivity contribution in [2.24, 2.45) is 0 Å². The van der Waals surface area contributed by atoms with Crippen LogP contribution in [0, 0.1) is 6.92 Å². The maximum atomic E-state index is 13.3. The topological polar surface area (TPSA) is 85.2 Å². The number of carbonyl (C=O) groups is 1. The van der Waals surface area contributed by atoms with Gasteiger partial charge >= 0.3 is 0 Å². The van der Waals surface area contributed by atoms with Crippen LogP contribution in [0.4, 0.5) is 5.82 Å². The van der Waals surface area contributed by atoms with Crippen molar-refractivity contribution in [3.05, 3.63) is 44.7 Å². The van der Waals surface area contributed by atoms with Gasteiger partial charge in [-0.1, -0.05) is 30.0 Å². The summed E-state index contributed by atoms with van der Waals surface area (Å²) >= 11 is 6.57. The molecule has 0 bridgehead atoms. The average molecular weight is 463 g/mol. The SMILES string of the molecule is COCCCNc1nc2c(C)cccn2c(=O)c1/C=C1\SC(=S)N(CCCOC)C1=O. The van der Waals surface area contributed by atoms with E-state index in [1.165, 1.54) is 16.2 Å². The zero-order valence-electron chi connectivity index (χ0n) is 17.8. The number of thioether (sulfide) groups is 1. The molecule has 0 atom stereocenters. The normalized spacial score (nSPS) is 15.5. The zero-order valence-corrected chi connectivity index (χ0v) is 19.5.